The van der Waals surface area contributed by atoms with Crippen LogP contribution in [-0.4, -0.2) is 31.6 Å². The summed E-state index contributed by atoms with van der Waals surface area (Å²) in [7, 11) is 0. The molecule has 0 aromatic carbocycles. The molecular formula is C8H17NO2. The van der Waals surface area contributed by atoms with Crippen LogP contribution in [0.3, 0.4) is 0 Å². The van der Waals surface area contributed by atoms with Crippen molar-refractivity contribution < 1.29 is 9.53 Å². The monoisotopic (exact) mass is 159 g/mol. The topological polar surface area (TPSA) is 38.3 Å². The van der Waals surface area contributed by atoms with Gasteiger partial charge >= 0.3 is 0 Å². The molecular weight excluding hydrogens is 142 g/mol. The van der Waals surface area contributed by atoms with Gasteiger partial charge in [0, 0.05) is 6.54 Å². The summed E-state index contributed by atoms with van der Waals surface area (Å²) in [6.07, 6.45) is 0.272. The number of hydrogen-bond acceptors (Lipinski definition) is 3. The molecule has 0 amide bonds. The maximum atomic E-state index is 10.4. The highest BCUT2D eigenvalue weighted by molar-refractivity contribution is 5.77. The molecule has 0 spiro atoms. The smallest absolute Gasteiger partial charge is 0.143 e. The molecule has 0 aliphatic heterocycles. The standard InChI is InChI=1S/C8H17NO2/c1-7(2)11-5-4-9-6-8(3)10/h7,9H,4-6H2,1-3H3. The van der Waals surface area contributed by atoms with E-state index >= 15 is 0 Å². The van der Waals surface area contributed by atoms with E-state index in [4.69, 9.17) is 4.74 Å². The van der Waals surface area contributed by atoms with Gasteiger partial charge in [0.25, 0.3) is 0 Å². The fraction of sp³-hybridized carbons (Fsp3) is 0.875. The second kappa shape index (κ2) is 6.31. The summed E-state index contributed by atoms with van der Waals surface area (Å²) in [6, 6.07) is 0. The highest BCUT2D eigenvalue weighted by Crippen LogP contribution is 1.84. The summed E-state index contributed by atoms with van der Waals surface area (Å²) in [4.78, 5) is 10.4. The SMILES string of the molecule is CC(=O)CNCCOC(C)C. The molecule has 0 atom stereocenters. The zero-order valence-electron chi connectivity index (χ0n) is 7.52. The van der Waals surface area contributed by atoms with Crippen molar-refractivity contribution in [2.75, 3.05) is 19.7 Å². The number of ether oxygens (including phenoxy) is 1. The van der Waals surface area contributed by atoms with Gasteiger partial charge in [0.05, 0.1) is 19.3 Å². The Morgan fingerprint density at radius 2 is 2.18 bits per heavy atom. The lowest BCUT2D eigenvalue weighted by Crippen LogP contribution is -2.25. The van der Waals surface area contributed by atoms with Crippen molar-refractivity contribution in [3.63, 3.8) is 0 Å². The van der Waals surface area contributed by atoms with E-state index in [9.17, 15) is 4.79 Å². The zero-order chi connectivity index (χ0) is 8.69. The van der Waals surface area contributed by atoms with Gasteiger partial charge in [-0.1, -0.05) is 0 Å². The first-order valence-corrected chi connectivity index (χ1v) is 3.94. The first kappa shape index (κ1) is 10.6. The normalized spacial score (nSPS) is 10.5. The third-order valence-corrected chi connectivity index (χ3v) is 1.10. The van der Waals surface area contributed by atoms with Gasteiger partial charge in [0.2, 0.25) is 0 Å². The first-order valence-electron chi connectivity index (χ1n) is 3.94. The summed E-state index contributed by atoms with van der Waals surface area (Å²) < 4.78 is 5.25. The Balaban J connectivity index is 2.97. The molecule has 0 unspecified atom stereocenters. The third kappa shape index (κ3) is 9.59. The highest BCUT2D eigenvalue weighted by atomic mass is 16.5. The maximum absolute atomic E-state index is 10.4. The Morgan fingerprint density at radius 3 is 2.64 bits per heavy atom. The molecule has 1 N–H and O–H groups in total. The lowest BCUT2D eigenvalue weighted by Gasteiger charge is -2.06. The maximum Gasteiger partial charge on any atom is 0.143 e. The molecule has 0 radical (unpaired) electrons. The van der Waals surface area contributed by atoms with Crippen molar-refractivity contribution in [2.24, 2.45) is 0 Å². The number of hydrogen-bond donors (Lipinski definition) is 1. The predicted octanol–water partition coefficient (Wildman–Crippen LogP) is 0.590. The summed E-state index contributed by atoms with van der Waals surface area (Å²) in [5.74, 6) is 0.162. The molecule has 0 aromatic heterocycles. The van der Waals surface area contributed by atoms with Crippen LogP contribution in [0.5, 0.6) is 0 Å². The van der Waals surface area contributed by atoms with Gasteiger partial charge < -0.3 is 10.1 Å². The van der Waals surface area contributed by atoms with E-state index < -0.39 is 0 Å². The van der Waals surface area contributed by atoms with Crippen molar-refractivity contribution in [3.8, 4) is 0 Å². The molecule has 3 heteroatoms. The van der Waals surface area contributed by atoms with E-state index in [2.05, 4.69) is 5.32 Å². The zero-order valence-corrected chi connectivity index (χ0v) is 7.52. The van der Waals surface area contributed by atoms with Crippen LogP contribution in [0.4, 0.5) is 0 Å². The summed E-state index contributed by atoms with van der Waals surface area (Å²) >= 11 is 0. The Kier molecular flexibility index (Phi) is 6.07. The number of Topliss-reactive ketones (excluding diaryl/α,β-unsaturated/α-hetero) is 1. The van der Waals surface area contributed by atoms with Crippen LogP contribution in [0.1, 0.15) is 20.8 Å². The molecule has 0 bridgehead atoms. The molecule has 3 nitrogen and oxygen atoms in total. The van der Waals surface area contributed by atoms with Gasteiger partial charge in [-0.25, -0.2) is 0 Å². The van der Waals surface area contributed by atoms with Crippen molar-refractivity contribution in [2.45, 2.75) is 26.9 Å². The van der Waals surface area contributed by atoms with Crippen molar-refractivity contribution in [3.05, 3.63) is 0 Å². The number of carbonyl (C=O) groups excluding carboxylic acids is 1. The van der Waals surface area contributed by atoms with Crippen molar-refractivity contribution >= 4 is 5.78 Å². The molecule has 0 rings (SSSR count). The third-order valence-electron chi connectivity index (χ3n) is 1.10. The molecule has 66 valence electrons. The Hall–Kier alpha value is -0.410. The first-order chi connectivity index (χ1) is 5.13. The minimum atomic E-state index is 0.162. The Bertz CT molecular complexity index is 113. The van der Waals surface area contributed by atoms with Crippen molar-refractivity contribution in [1.29, 1.82) is 0 Å². The van der Waals surface area contributed by atoms with Crippen molar-refractivity contribution in [1.82, 2.24) is 5.32 Å². The lowest BCUT2D eigenvalue weighted by molar-refractivity contribution is -0.116. The molecule has 0 fully saturated rings. The Labute approximate surface area is 68.1 Å². The molecule has 0 aliphatic carbocycles. The molecule has 0 heterocycles. The van der Waals surface area contributed by atoms with Crippen LogP contribution in [0.2, 0.25) is 0 Å². The van der Waals surface area contributed by atoms with Gasteiger partial charge in [-0.15, -0.1) is 0 Å². The molecule has 0 saturated carbocycles. The van der Waals surface area contributed by atoms with E-state index in [0.29, 0.717) is 13.2 Å². The van der Waals surface area contributed by atoms with Crippen LogP contribution >= 0.6 is 0 Å². The molecule has 0 saturated heterocycles. The predicted molar refractivity (Wildman–Crippen MR) is 44.6 cm³/mol. The van der Waals surface area contributed by atoms with Crippen LogP contribution in [-0.2, 0) is 9.53 Å². The van der Waals surface area contributed by atoms with Crippen LogP contribution < -0.4 is 5.32 Å². The summed E-state index contributed by atoms with van der Waals surface area (Å²) in [5.41, 5.74) is 0. The number of ketones is 1. The fourth-order valence-electron chi connectivity index (χ4n) is 0.631. The summed E-state index contributed by atoms with van der Waals surface area (Å²) in [6.45, 7) is 7.41. The minimum absolute atomic E-state index is 0.162. The van der Waals surface area contributed by atoms with E-state index in [1.165, 1.54) is 0 Å². The second-order valence-corrected chi connectivity index (χ2v) is 2.80. The van der Waals surface area contributed by atoms with Gasteiger partial charge in [-0.05, 0) is 20.8 Å². The molecule has 0 aromatic rings. The minimum Gasteiger partial charge on any atom is -0.377 e. The largest absolute Gasteiger partial charge is 0.377 e. The van der Waals surface area contributed by atoms with Gasteiger partial charge in [-0.2, -0.15) is 0 Å². The second-order valence-electron chi connectivity index (χ2n) is 2.80. The van der Waals surface area contributed by atoms with E-state index in [1.807, 2.05) is 13.8 Å². The van der Waals surface area contributed by atoms with Gasteiger partial charge in [-0.3, -0.25) is 4.79 Å². The number of rotatable bonds is 6. The van der Waals surface area contributed by atoms with Crippen LogP contribution in [0, 0.1) is 0 Å². The average molecular weight is 159 g/mol. The van der Waals surface area contributed by atoms with Crippen LogP contribution in [0.15, 0.2) is 0 Å². The van der Waals surface area contributed by atoms with E-state index in [1.54, 1.807) is 6.92 Å². The molecule has 11 heavy (non-hydrogen) atoms. The van der Waals surface area contributed by atoms with Gasteiger partial charge in [0.15, 0.2) is 0 Å². The van der Waals surface area contributed by atoms with Gasteiger partial charge in [0.1, 0.15) is 5.78 Å². The van der Waals surface area contributed by atoms with E-state index in [0.717, 1.165) is 6.54 Å². The lowest BCUT2D eigenvalue weighted by atomic mass is 10.4. The van der Waals surface area contributed by atoms with E-state index in [-0.39, 0.29) is 11.9 Å². The average Bonchev–Trinajstić information content (AvgIpc) is 1.85. The van der Waals surface area contributed by atoms with Crippen LogP contribution in [0.25, 0.3) is 0 Å². The highest BCUT2D eigenvalue weighted by Gasteiger charge is 1.93. The number of nitrogens with one attached hydrogen (secondary N) is 1. The molecule has 0 aliphatic rings. The fourth-order valence-corrected chi connectivity index (χ4v) is 0.631. The summed E-state index contributed by atoms with van der Waals surface area (Å²) in [5, 5.41) is 2.97. The number of carbonyl (C=O) groups is 1. The quantitative estimate of drug-likeness (QED) is 0.576. The Morgan fingerprint density at radius 1 is 1.55 bits per heavy atom.